The SMILES string of the molecule is ON=CC1CCc2c([nH]c3ccccc23)C1. The van der Waals surface area contributed by atoms with E-state index in [9.17, 15) is 0 Å². The number of fused-ring (bicyclic) bond motifs is 3. The molecule has 0 spiro atoms. The van der Waals surface area contributed by atoms with Crippen LogP contribution in [0.5, 0.6) is 0 Å². The molecule has 1 unspecified atom stereocenters. The zero-order valence-corrected chi connectivity index (χ0v) is 8.98. The van der Waals surface area contributed by atoms with Gasteiger partial charge in [-0.1, -0.05) is 18.2 Å². The van der Waals surface area contributed by atoms with Gasteiger partial charge in [0.15, 0.2) is 0 Å². The molecule has 0 aliphatic heterocycles. The van der Waals surface area contributed by atoms with E-state index in [0.29, 0.717) is 5.92 Å². The maximum absolute atomic E-state index is 8.57. The molecule has 0 fully saturated rings. The Hall–Kier alpha value is -1.77. The smallest absolute Gasteiger partial charge is 0.0470 e. The quantitative estimate of drug-likeness (QED) is 0.428. The van der Waals surface area contributed by atoms with Gasteiger partial charge in [0.05, 0.1) is 0 Å². The van der Waals surface area contributed by atoms with E-state index < -0.39 is 0 Å². The number of aromatic nitrogens is 1. The van der Waals surface area contributed by atoms with E-state index in [1.54, 1.807) is 6.21 Å². The molecule has 0 bridgehead atoms. The molecule has 1 heterocycles. The Labute approximate surface area is 93.8 Å². The maximum atomic E-state index is 8.57. The predicted octanol–water partition coefficient (Wildman–Crippen LogP) is 2.73. The first-order chi connectivity index (χ1) is 7.88. The third-order valence-corrected chi connectivity index (χ3v) is 3.41. The molecule has 16 heavy (non-hydrogen) atoms. The maximum Gasteiger partial charge on any atom is 0.0470 e. The second-order valence-electron chi connectivity index (χ2n) is 4.40. The van der Waals surface area contributed by atoms with Gasteiger partial charge in [0.25, 0.3) is 0 Å². The van der Waals surface area contributed by atoms with Crippen molar-refractivity contribution in [1.82, 2.24) is 4.98 Å². The van der Waals surface area contributed by atoms with Crippen molar-refractivity contribution in [2.45, 2.75) is 19.3 Å². The highest BCUT2D eigenvalue weighted by atomic mass is 16.4. The minimum atomic E-state index is 0.366. The zero-order valence-electron chi connectivity index (χ0n) is 8.98. The van der Waals surface area contributed by atoms with Crippen molar-refractivity contribution in [2.24, 2.45) is 11.1 Å². The highest BCUT2D eigenvalue weighted by molar-refractivity contribution is 5.85. The van der Waals surface area contributed by atoms with Crippen molar-refractivity contribution < 1.29 is 5.21 Å². The molecule has 0 saturated carbocycles. The van der Waals surface area contributed by atoms with Gasteiger partial charge in [-0.15, -0.1) is 5.16 Å². The molecule has 1 atom stereocenters. The van der Waals surface area contributed by atoms with E-state index in [2.05, 4.69) is 34.4 Å². The number of aromatic amines is 1. The monoisotopic (exact) mass is 214 g/mol. The number of para-hydroxylation sites is 1. The van der Waals surface area contributed by atoms with Gasteiger partial charge in [-0.25, -0.2) is 0 Å². The van der Waals surface area contributed by atoms with Crippen LogP contribution in [-0.4, -0.2) is 16.4 Å². The molecule has 0 radical (unpaired) electrons. The fourth-order valence-electron chi connectivity index (χ4n) is 2.63. The summed E-state index contributed by atoms with van der Waals surface area (Å²) in [6.07, 6.45) is 4.73. The number of nitrogens with one attached hydrogen (secondary N) is 1. The van der Waals surface area contributed by atoms with Gasteiger partial charge in [-0.3, -0.25) is 0 Å². The predicted molar refractivity (Wildman–Crippen MR) is 64.1 cm³/mol. The summed E-state index contributed by atoms with van der Waals surface area (Å²) in [5.74, 6) is 0.366. The van der Waals surface area contributed by atoms with Crippen LogP contribution in [0.25, 0.3) is 10.9 Å². The molecular formula is C13H14N2O. The lowest BCUT2D eigenvalue weighted by Crippen LogP contribution is -2.14. The Morgan fingerprint density at radius 3 is 3.12 bits per heavy atom. The normalized spacial score (nSPS) is 20.4. The van der Waals surface area contributed by atoms with E-state index >= 15 is 0 Å². The first-order valence-corrected chi connectivity index (χ1v) is 5.64. The fourth-order valence-corrected chi connectivity index (χ4v) is 2.63. The van der Waals surface area contributed by atoms with Gasteiger partial charge < -0.3 is 10.2 Å². The second kappa shape index (κ2) is 3.67. The summed E-state index contributed by atoms with van der Waals surface area (Å²) in [4.78, 5) is 3.46. The molecule has 3 heteroatoms. The number of nitrogens with zero attached hydrogens (tertiary/aromatic N) is 1. The lowest BCUT2D eigenvalue weighted by molar-refractivity contribution is 0.317. The average Bonchev–Trinajstić information content (AvgIpc) is 2.67. The van der Waals surface area contributed by atoms with Crippen LogP contribution in [0.2, 0.25) is 0 Å². The summed E-state index contributed by atoms with van der Waals surface area (Å²) in [5.41, 5.74) is 3.96. The Morgan fingerprint density at radius 2 is 2.25 bits per heavy atom. The number of aryl methyl sites for hydroxylation is 1. The number of rotatable bonds is 1. The Balaban J connectivity index is 2.05. The molecule has 2 aromatic rings. The minimum Gasteiger partial charge on any atom is -0.411 e. The van der Waals surface area contributed by atoms with Gasteiger partial charge in [0, 0.05) is 28.7 Å². The highest BCUT2D eigenvalue weighted by Crippen LogP contribution is 2.30. The summed E-state index contributed by atoms with van der Waals surface area (Å²) in [5, 5.41) is 13.1. The van der Waals surface area contributed by atoms with E-state index in [1.165, 1.54) is 22.2 Å². The summed E-state index contributed by atoms with van der Waals surface area (Å²) in [6.45, 7) is 0. The summed E-state index contributed by atoms with van der Waals surface area (Å²) in [7, 11) is 0. The standard InChI is InChI=1S/C13H14N2O/c16-14-8-9-5-6-11-10-3-1-2-4-12(10)15-13(11)7-9/h1-4,8-9,15-16H,5-7H2. The average molecular weight is 214 g/mol. The molecule has 0 amide bonds. The molecule has 2 N–H and O–H groups in total. The molecule has 1 aromatic carbocycles. The molecule has 82 valence electrons. The van der Waals surface area contributed by atoms with Crippen molar-refractivity contribution >= 4 is 17.1 Å². The molecule has 1 aromatic heterocycles. The number of hydrogen-bond acceptors (Lipinski definition) is 2. The summed E-state index contributed by atoms with van der Waals surface area (Å²) < 4.78 is 0. The summed E-state index contributed by atoms with van der Waals surface area (Å²) >= 11 is 0. The lowest BCUT2D eigenvalue weighted by Gasteiger charge is -2.17. The van der Waals surface area contributed by atoms with Crippen LogP contribution >= 0.6 is 0 Å². The Bertz CT molecular complexity index is 542. The van der Waals surface area contributed by atoms with Crippen LogP contribution in [0.15, 0.2) is 29.4 Å². The first-order valence-electron chi connectivity index (χ1n) is 5.64. The molecule has 1 aliphatic rings. The minimum absolute atomic E-state index is 0.366. The Kier molecular flexibility index (Phi) is 2.17. The van der Waals surface area contributed by atoms with E-state index in [0.717, 1.165) is 19.3 Å². The van der Waals surface area contributed by atoms with Crippen LogP contribution in [-0.2, 0) is 12.8 Å². The number of hydrogen-bond donors (Lipinski definition) is 2. The first kappa shape index (κ1) is 9.46. The highest BCUT2D eigenvalue weighted by Gasteiger charge is 2.20. The van der Waals surface area contributed by atoms with Crippen LogP contribution in [0, 0.1) is 5.92 Å². The molecular weight excluding hydrogens is 200 g/mol. The lowest BCUT2D eigenvalue weighted by atomic mass is 9.88. The number of oxime groups is 1. The van der Waals surface area contributed by atoms with Crippen LogP contribution < -0.4 is 0 Å². The van der Waals surface area contributed by atoms with Crippen LogP contribution in [0.1, 0.15) is 17.7 Å². The van der Waals surface area contributed by atoms with E-state index in [1.807, 2.05) is 0 Å². The second-order valence-corrected chi connectivity index (χ2v) is 4.40. The third-order valence-electron chi connectivity index (χ3n) is 3.41. The fraction of sp³-hybridized carbons (Fsp3) is 0.308. The van der Waals surface area contributed by atoms with Gasteiger partial charge in [-0.2, -0.15) is 0 Å². The van der Waals surface area contributed by atoms with Crippen molar-refractivity contribution in [1.29, 1.82) is 0 Å². The van der Waals surface area contributed by atoms with Gasteiger partial charge in [0.2, 0.25) is 0 Å². The molecule has 3 nitrogen and oxygen atoms in total. The zero-order chi connectivity index (χ0) is 11.0. The van der Waals surface area contributed by atoms with Crippen molar-refractivity contribution in [3.8, 4) is 0 Å². The molecule has 0 saturated heterocycles. The number of benzene rings is 1. The molecule has 3 rings (SSSR count). The summed E-state index contributed by atoms with van der Waals surface area (Å²) in [6, 6.07) is 8.42. The topological polar surface area (TPSA) is 48.4 Å². The van der Waals surface area contributed by atoms with E-state index in [4.69, 9.17) is 5.21 Å². The van der Waals surface area contributed by atoms with Crippen molar-refractivity contribution in [3.63, 3.8) is 0 Å². The van der Waals surface area contributed by atoms with Gasteiger partial charge in [-0.05, 0) is 30.9 Å². The number of H-pyrrole nitrogens is 1. The molecule has 1 aliphatic carbocycles. The van der Waals surface area contributed by atoms with Crippen LogP contribution in [0.3, 0.4) is 0 Å². The largest absolute Gasteiger partial charge is 0.411 e. The van der Waals surface area contributed by atoms with E-state index in [-0.39, 0.29) is 0 Å². The van der Waals surface area contributed by atoms with Gasteiger partial charge >= 0.3 is 0 Å². The third kappa shape index (κ3) is 1.40. The van der Waals surface area contributed by atoms with Crippen LogP contribution in [0.4, 0.5) is 0 Å². The van der Waals surface area contributed by atoms with Gasteiger partial charge in [0.1, 0.15) is 0 Å². The van der Waals surface area contributed by atoms with Crippen molar-refractivity contribution in [2.75, 3.05) is 0 Å². The Morgan fingerprint density at radius 1 is 1.38 bits per heavy atom. The van der Waals surface area contributed by atoms with Crippen molar-refractivity contribution in [3.05, 3.63) is 35.5 Å².